The highest BCUT2D eigenvalue weighted by Crippen LogP contribution is 2.04. The average Bonchev–Trinajstić information content (AvgIpc) is 2.37. The fourth-order valence-corrected chi connectivity index (χ4v) is 1.50. The van der Waals surface area contributed by atoms with Crippen LogP contribution in [0.25, 0.3) is 0 Å². The second-order valence-corrected chi connectivity index (χ2v) is 3.85. The van der Waals surface area contributed by atoms with Crippen LogP contribution in [0.5, 0.6) is 0 Å². The Hall–Kier alpha value is -1.91. The van der Waals surface area contributed by atoms with E-state index in [9.17, 15) is 14.0 Å². The van der Waals surface area contributed by atoms with Gasteiger partial charge in [-0.15, -0.1) is 0 Å². The summed E-state index contributed by atoms with van der Waals surface area (Å²) in [6.45, 7) is 1.78. The summed E-state index contributed by atoms with van der Waals surface area (Å²) >= 11 is 0. The number of ether oxygens (including phenoxy) is 1. The summed E-state index contributed by atoms with van der Waals surface area (Å²) in [5.41, 5.74) is 0.689. The van der Waals surface area contributed by atoms with Crippen LogP contribution in [0.2, 0.25) is 0 Å². The van der Waals surface area contributed by atoms with Crippen LogP contribution in [-0.2, 0) is 20.7 Å². The van der Waals surface area contributed by atoms with E-state index in [1.54, 1.807) is 6.92 Å². The van der Waals surface area contributed by atoms with Crippen molar-refractivity contribution in [2.75, 3.05) is 7.11 Å². The number of hydrogen-bond donors (Lipinski definition) is 1. The van der Waals surface area contributed by atoms with Crippen molar-refractivity contribution >= 4 is 11.9 Å². The topological polar surface area (TPSA) is 55.4 Å². The van der Waals surface area contributed by atoms with Gasteiger partial charge in [0, 0.05) is 0 Å². The monoisotopic (exact) mass is 253 g/mol. The summed E-state index contributed by atoms with van der Waals surface area (Å²) < 4.78 is 17.2. The number of amides is 1. The van der Waals surface area contributed by atoms with Gasteiger partial charge in [0.25, 0.3) is 0 Å². The van der Waals surface area contributed by atoms with Gasteiger partial charge in [0.2, 0.25) is 5.91 Å². The van der Waals surface area contributed by atoms with Crippen molar-refractivity contribution in [3.63, 3.8) is 0 Å². The normalized spacial score (nSPS) is 11.7. The van der Waals surface area contributed by atoms with Crippen molar-refractivity contribution in [1.29, 1.82) is 0 Å². The number of carbonyl (C=O) groups is 2. The minimum absolute atomic E-state index is 0.105. The van der Waals surface area contributed by atoms with E-state index in [1.807, 2.05) is 0 Å². The average molecular weight is 253 g/mol. The van der Waals surface area contributed by atoms with Gasteiger partial charge in [-0.2, -0.15) is 0 Å². The molecule has 1 aromatic carbocycles. The third-order valence-corrected chi connectivity index (χ3v) is 2.51. The number of hydrogen-bond acceptors (Lipinski definition) is 3. The molecule has 1 atom stereocenters. The van der Waals surface area contributed by atoms with Crippen LogP contribution in [0.4, 0.5) is 4.39 Å². The Kier molecular flexibility index (Phi) is 5.30. The molecular formula is C13H16FNO3. The smallest absolute Gasteiger partial charge is 0.328 e. The first-order valence-electron chi connectivity index (χ1n) is 5.68. The lowest BCUT2D eigenvalue weighted by Gasteiger charge is -2.14. The molecule has 1 amide bonds. The molecule has 0 aliphatic rings. The van der Waals surface area contributed by atoms with Crippen molar-refractivity contribution in [3.8, 4) is 0 Å². The Balaban J connectivity index is 2.55. The van der Waals surface area contributed by atoms with E-state index in [1.165, 1.54) is 31.4 Å². The molecule has 1 unspecified atom stereocenters. The number of benzene rings is 1. The van der Waals surface area contributed by atoms with E-state index in [0.29, 0.717) is 12.0 Å². The molecular weight excluding hydrogens is 237 g/mol. The zero-order valence-electron chi connectivity index (χ0n) is 10.4. The first kappa shape index (κ1) is 14.2. The van der Waals surface area contributed by atoms with Crippen LogP contribution in [0, 0.1) is 5.82 Å². The van der Waals surface area contributed by atoms with Crippen molar-refractivity contribution in [2.24, 2.45) is 0 Å². The molecule has 18 heavy (non-hydrogen) atoms. The number of nitrogens with one attached hydrogen (secondary N) is 1. The zero-order valence-corrected chi connectivity index (χ0v) is 10.4. The van der Waals surface area contributed by atoms with Gasteiger partial charge in [-0.25, -0.2) is 9.18 Å². The fourth-order valence-electron chi connectivity index (χ4n) is 1.50. The summed E-state index contributed by atoms with van der Waals surface area (Å²) in [6.07, 6.45) is 0.565. The Morgan fingerprint density at radius 2 is 1.94 bits per heavy atom. The molecule has 5 heteroatoms. The molecule has 0 heterocycles. The molecule has 1 aromatic rings. The lowest BCUT2D eigenvalue weighted by atomic mass is 10.1. The number of halogens is 1. The summed E-state index contributed by atoms with van der Waals surface area (Å²) in [6, 6.07) is 5.02. The van der Waals surface area contributed by atoms with Crippen LogP contribution in [0.3, 0.4) is 0 Å². The van der Waals surface area contributed by atoms with E-state index in [-0.39, 0.29) is 18.1 Å². The molecule has 0 aliphatic heterocycles. The fraction of sp³-hybridized carbons (Fsp3) is 0.385. The highest BCUT2D eigenvalue weighted by Gasteiger charge is 2.19. The molecule has 0 fully saturated rings. The SMILES string of the molecule is CCC(NC(=O)Cc1ccc(F)cc1)C(=O)OC. The number of rotatable bonds is 5. The van der Waals surface area contributed by atoms with Crippen LogP contribution in [0.1, 0.15) is 18.9 Å². The van der Waals surface area contributed by atoms with E-state index in [4.69, 9.17) is 0 Å². The maximum Gasteiger partial charge on any atom is 0.328 e. The van der Waals surface area contributed by atoms with E-state index in [0.717, 1.165) is 0 Å². The number of carbonyl (C=O) groups excluding carboxylic acids is 2. The van der Waals surface area contributed by atoms with Crippen LogP contribution in [-0.4, -0.2) is 25.0 Å². The van der Waals surface area contributed by atoms with Gasteiger partial charge in [0.15, 0.2) is 0 Å². The molecule has 0 saturated carbocycles. The maximum atomic E-state index is 12.7. The minimum atomic E-state index is -0.636. The second kappa shape index (κ2) is 6.74. The van der Waals surface area contributed by atoms with E-state index >= 15 is 0 Å². The van der Waals surface area contributed by atoms with Gasteiger partial charge in [-0.05, 0) is 24.1 Å². The molecule has 0 aromatic heterocycles. The Morgan fingerprint density at radius 3 is 2.44 bits per heavy atom. The van der Waals surface area contributed by atoms with Gasteiger partial charge < -0.3 is 10.1 Å². The van der Waals surface area contributed by atoms with Gasteiger partial charge in [-0.3, -0.25) is 4.79 Å². The van der Waals surface area contributed by atoms with Gasteiger partial charge in [-0.1, -0.05) is 19.1 Å². The standard InChI is InChI=1S/C13H16FNO3/c1-3-11(13(17)18-2)15-12(16)8-9-4-6-10(14)7-5-9/h4-7,11H,3,8H2,1-2H3,(H,15,16). The van der Waals surface area contributed by atoms with E-state index < -0.39 is 12.0 Å². The first-order chi connectivity index (χ1) is 8.56. The summed E-state index contributed by atoms with van der Waals surface area (Å²) in [5.74, 6) is -1.11. The molecule has 1 rings (SSSR count). The van der Waals surface area contributed by atoms with Crippen molar-refractivity contribution < 1.29 is 18.7 Å². The van der Waals surface area contributed by atoms with E-state index in [2.05, 4.69) is 10.1 Å². The highest BCUT2D eigenvalue weighted by atomic mass is 19.1. The highest BCUT2D eigenvalue weighted by molar-refractivity contribution is 5.85. The van der Waals surface area contributed by atoms with Crippen LogP contribution in [0.15, 0.2) is 24.3 Å². The predicted octanol–water partition coefficient (Wildman–Crippen LogP) is 1.44. The lowest BCUT2D eigenvalue weighted by molar-refractivity contribution is -0.145. The van der Waals surface area contributed by atoms with Crippen molar-refractivity contribution in [3.05, 3.63) is 35.6 Å². The van der Waals surface area contributed by atoms with Crippen LogP contribution >= 0.6 is 0 Å². The first-order valence-corrected chi connectivity index (χ1v) is 5.68. The zero-order chi connectivity index (χ0) is 13.5. The molecule has 98 valence electrons. The molecule has 0 aliphatic carbocycles. The Labute approximate surface area is 105 Å². The molecule has 0 radical (unpaired) electrons. The lowest BCUT2D eigenvalue weighted by Crippen LogP contribution is -2.41. The number of esters is 1. The Morgan fingerprint density at radius 1 is 1.33 bits per heavy atom. The summed E-state index contributed by atoms with van der Waals surface area (Å²) in [5, 5.41) is 2.57. The second-order valence-electron chi connectivity index (χ2n) is 3.85. The minimum Gasteiger partial charge on any atom is -0.467 e. The molecule has 0 spiro atoms. The third-order valence-electron chi connectivity index (χ3n) is 2.51. The maximum absolute atomic E-state index is 12.7. The summed E-state index contributed by atoms with van der Waals surface area (Å²) in [4.78, 5) is 23.0. The van der Waals surface area contributed by atoms with Gasteiger partial charge in [0.1, 0.15) is 11.9 Å². The Bertz CT molecular complexity index is 417. The van der Waals surface area contributed by atoms with Crippen LogP contribution < -0.4 is 5.32 Å². The van der Waals surface area contributed by atoms with Gasteiger partial charge >= 0.3 is 5.97 Å². The molecule has 0 saturated heterocycles. The van der Waals surface area contributed by atoms with Crippen molar-refractivity contribution in [1.82, 2.24) is 5.32 Å². The summed E-state index contributed by atoms with van der Waals surface area (Å²) in [7, 11) is 1.27. The molecule has 0 bridgehead atoms. The van der Waals surface area contributed by atoms with Gasteiger partial charge in [0.05, 0.1) is 13.5 Å². The number of methoxy groups -OCH3 is 1. The molecule has 4 nitrogen and oxygen atoms in total. The predicted molar refractivity (Wildman–Crippen MR) is 64.3 cm³/mol. The van der Waals surface area contributed by atoms with Crippen molar-refractivity contribution in [2.45, 2.75) is 25.8 Å². The molecule has 1 N–H and O–H groups in total. The quantitative estimate of drug-likeness (QED) is 0.808. The third kappa shape index (κ3) is 4.16. The largest absolute Gasteiger partial charge is 0.467 e.